The summed E-state index contributed by atoms with van der Waals surface area (Å²) in [5.74, 6) is -1.10. The van der Waals surface area contributed by atoms with Gasteiger partial charge in [0, 0.05) is 11.1 Å². The molecule has 1 heterocycles. The van der Waals surface area contributed by atoms with Crippen molar-refractivity contribution in [3.63, 3.8) is 0 Å². The predicted molar refractivity (Wildman–Crippen MR) is 114 cm³/mol. The molecule has 3 aromatic rings. The molecule has 0 saturated carbocycles. The maximum atomic E-state index is 13.5. The van der Waals surface area contributed by atoms with E-state index >= 15 is 0 Å². The Morgan fingerprint density at radius 2 is 1.60 bits per heavy atom. The number of nitrogens with zero attached hydrogens (tertiary/aromatic N) is 2. The quantitative estimate of drug-likeness (QED) is 0.677. The summed E-state index contributed by atoms with van der Waals surface area (Å²) in [7, 11) is -4.07. The van der Waals surface area contributed by atoms with Crippen LogP contribution in [0.25, 0.3) is 0 Å². The fourth-order valence-electron chi connectivity index (χ4n) is 3.55. The Balaban J connectivity index is 1.94. The summed E-state index contributed by atoms with van der Waals surface area (Å²) >= 11 is 0. The molecule has 0 aliphatic carbocycles. The smallest absolute Gasteiger partial charge is 0.305 e. The minimum Gasteiger partial charge on any atom is -0.481 e. The molecule has 1 aliphatic heterocycles. The van der Waals surface area contributed by atoms with Crippen LogP contribution in [-0.4, -0.2) is 29.6 Å². The topological polar surface area (TPSA) is 87.0 Å². The highest BCUT2D eigenvalue weighted by molar-refractivity contribution is 7.89. The molecule has 7 heteroatoms. The van der Waals surface area contributed by atoms with Crippen LogP contribution in [0.2, 0.25) is 0 Å². The molecule has 1 atom stereocenters. The van der Waals surface area contributed by atoms with Crippen LogP contribution >= 0.6 is 0 Å². The molecular weight excluding hydrogens is 400 g/mol. The van der Waals surface area contributed by atoms with Crippen molar-refractivity contribution in [2.75, 3.05) is 0 Å². The van der Waals surface area contributed by atoms with Crippen molar-refractivity contribution in [3.8, 4) is 0 Å². The first-order valence-electron chi connectivity index (χ1n) is 9.44. The van der Waals surface area contributed by atoms with Gasteiger partial charge in [0.2, 0.25) is 0 Å². The second-order valence-electron chi connectivity index (χ2n) is 7.11. The molecule has 1 aliphatic rings. The van der Waals surface area contributed by atoms with Crippen molar-refractivity contribution >= 4 is 21.7 Å². The fraction of sp³-hybridized carbons (Fsp3) is 0.130. The first-order valence-corrected chi connectivity index (χ1v) is 10.9. The third-order valence-corrected chi connectivity index (χ3v) is 6.72. The molecule has 0 radical (unpaired) electrons. The highest BCUT2D eigenvalue weighted by Gasteiger charge is 2.38. The van der Waals surface area contributed by atoms with E-state index in [2.05, 4.69) is 5.10 Å². The van der Waals surface area contributed by atoms with E-state index in [0.29, 0.717) is 11.3 Å². The molecular formula is C23H20N2O4S. The van der Waals surface area contributed by atoms with Gasteiger partial charge in [0.1, 0.15) is 6.04 Å². The van der Waals surface area contributed by atoms with Crippen LogP contribution in [0.4, 0.5) is 0 Å². The number of carbonyl (C=O) groups is 1. The van der Waals surface area contributed by atoms with Crippen LogP contribution in [0.1, 0.15) is 34.7 Å². The summed E-state index contributed by atoms with van der Waals surface area (Å²) in [6, 6.07) is 22.0. The van der Waals surface area contributed by atoms with Crippen molar-refractivity contribution in [1.82, 2.24) is 4.41 Å². The van der Waals surface area contributed by atoms with E-state index in [4.69, 9.17) is 0 Å². The Labute approximate surface area is 175 Å². The molecule has 0 spiro atoms. The molecule has 0 amide bonds. The van der Waals surface area contributed by atoms with Crippen LogP contribution in [0, 0.1) is 6.92 Å². The van der Waals surface area contributed by atoms with Crippen LogP contribution in [0.5, 0.6) is 0 Å². The average Bonchev–Trinajstić information content (AvgIpc) is 2.74. The molecule has 0 saturated heterocycles. The SMILES string of the molecule is Cc1ccc(S(=O)(=O)N2N=C(c3ccccc3)c3ccccc3C2CC(=O)O)cc1. The highest BCUT2D eigenvalue weighted by Crippen LogP contribution is 2.37. The molecule has 1 unspecified atom stereocenters. The number of rotatable bonds is 5. The highest BCUT2D eigenvalue weighted by atomic mass is 32.2. The number of aryl methyl sites for hydroxylation is 1. The number of hydrogen-bond acceptors (Lipinski definition) is 4. The van der Waals surface area contributed by atoms with E-state index in [1.807, 2.05) is 49.4 Å². The second kappa shape index (κ2) is 7.76. The molecule has 30 heavy (non-hydrogen) atoms. The molecule has 152 valence electrons. The largest absolute Gasteiger partial charge is 0.481 e. The molecule has 4 rings (SSSR count). The van der Waals surface area contributed by atoms with Crippen LogP contribution in [-0.2, 0) is 14.8 Å². The minimum absolute atomic E-state index is 0.0685. The molecule has 0 fully saturated rings. The number of benzene rings is 3. The van der Waals surface area contributed by atoms with Gasteiger partial charge in [-0.25, -0.2) is 0 Å². The monoisotopic (exact) mass is 420 g/mol. The van der Waals surface area contributed by atoms with Crippen LogP contribution in [0.3, 0.4) is 0 Å². The van der Waals surface area contributed by atoms with Crippen molar-refractivity contribution in [2.24, 2.45) is 5.10 Å². The maximum Gasteiger partial charge on any atom is 0.305 e. The van der Waals surface area contributed by atoms with E-state index < -0.39 is 28.5 Å². The average molecular weight is 420 g/mol. The lowest BCUT2D eigenvalue weighted by atomic mass is 9.91. The lowest BCUT2D eigenvalue weighted by Gasteiger charge is -2.34. The van der Waals surface area contributed by atoms with E-state index in [-0.39, 0.29) is 4.90 Å². The number of hydrogen-bond donors (Lipinski definition) is 1. The summed E-state index contributed by atoms with van der Waals surface area (Å²) in [5.41, 5.74) is 3.51. The van der Waals surface area contributed by atoms with Gasteiger partial charge in [-0.2, -0.15) is 17.9 Å². The van der Waals surface area contributed by atoms with Crippen LogP contribution in [0.15, 0.2) is 88.9 Å². The number of aliphatic carboxylic acids is 1. The van der Waals surface area contributed by atoms with E-state index in [0.717, 1.165) is 21.1 Å². The summed E-state index contributed by atoms with van der Waals surface area (Å²) < 4.78 is 28.0. The zero-order valence-corrected chi connectivity index (χ0v) is 17.1. The molecule has 6 nitrogen and oxygen atoms in total. The van der Waals surface area contributed by atoms with Crippen LogP contribution < -0.4 is 0 Å². The third kappa shape index (κ3) is 3.59. The fourth-order valence-corrected chi connectivity index (χ4v) is 4.95. The Morgan fingerprint density at radius 3 is 2.27 bits per heavy atom. The third-order valence-electron chi connectivity index (χ3n) is 5.02. The number of sulfonamides is 1. The molecule has 0 bridgehead atoms. The van der Waals surface area contributed by atoms with Crippen molar-refractivity contribution in [3.05, 3.63) is 101 Å². The van der Waals surface area contributed by atoms with Gasteiger partial charge in [-0.3, -0.25) is 4.79 Å². The Hall–Kier alpha value is -3.45. The summed E-state index contributed by atoms with van der Waals surface area (Å²) in [6.07, 6.45) is -0.395. The van der Waals surface area contributed by atoms with Crippen molar-refractivity contribution in [2.45, 2.75) is 24.3 Å². The van der Waals surface area contributed by atoms with E-state index in [9.17, 15) is 18.3 Å². The van der Waals surface area contributed by atoms with Gasteiger partial charge in [-0.1, -0.05) is 72.3 Å². The standard InChI is InChI=1S/C23H20N2O4S/c1-16-11-13-18(14-12-16)30(28,29)25-21(15-22(26)27)19-9-5-6-10-20(19)23(24-25)17-7-3-2-4-8-17/h2-14,21H,15H2,1H3,(H,26,27). The zero-order valence-electron chi connectivity index (χ0n) is 16.3. The van der Waals surface area contributed by atoms with Gasteiger partial charge >= 0.3 is 5.97 Å². The Bertz CT molecular complexity index is 1220. The first kappa shape index (κ1) is 19.8. The lowest BCUT2D eigenvalue weighted by Crippen LogP contribution is -2.37. The van der Waals surface area contributed by atoms with Gasteiger partial charge < -0.3 is 5.11 Å². The van der Waals surface area contributed by atoms with Crippen molar-refractivity contribution < 1.29 is 18.3 Å². The number of hydrazone groups is 1. The number of carboxylic acid groups (broad SMARTS) is 1. The molecule has 3 aromatic carbocycles. The summed E-state index contributed by atoms with van der Waals surface area (Å²) in [6.45, 7) is 1.87. The Kier molecular flexibility index (Phi) is 5.13. The van der Waals surface area contributed by atoms with Gasteiger partial charge in [-0.15, -0.1) is 0 Å². The van der Waals surface area contributed by atoms with Crippen molar-refractivity contribution in [1.29, 1.82) is 0 Å². The summed E-state index contributed by atoms with van der Waals surface area (Å²) in [5, 5.41) is 14.0. The van der Waals surface area contributed by atoms with Gasteiger partial charge in [0.05, 0.1) is 17.0 Å². The minimum atomic E-state index is -4.07. The van der Waals surface area contributed by atoms with Gasteiger partial charge in [0.25, 0.3) is 10.0 Å². The maximum absolute atomic E-state index is 13.5. The zero-order chi connectivity index (χ0) is 21.3. The molecule has 0 aromatic heterocycles. The van der Waals surface area contributed by atoms with E-state index in [1.54, 1.807) is 24.3 Å². The van der Waals surface area contributed by atoms with Gasteiger partial charge in [0.15, 0.2) is 0 Å². The Morgan fingerprint density at radius 1 is 0.967 bits per heavy atom. The number of carboxylic acids is 1. The summed E-state index contributed by atoms with van der Waals surface area (Å²) in [4.78, 5) is 11.7. The predicted octanol–water partition coefficient (Wildman–Crippen LogP) is 3.97. The lowest BCUT2D eigenvalue weighted by molar-refractivity contribution is -0.138. The first-order chi connectivity index (χ1) is 14.4. The number of fused-ring (bicyclic) bond motifs is 1. The normalized spacial score (nSPS) is 16.0. The molecule has 1 N–H and O–H groups in total. The van der Waals surface area contributed by atoms with Gasteiger partial charge in [-0.05, 0) is 24.6 Å². The second-order valence-corrected chi connectivity index (χ2v) is 8.90. The van der Waals surface area contributed by atoms with E-state index in [1.165, 1.54) is 12.1 Å².